The van der Waals surface area contributed by atoms with E-state index in [0.717, 1.165) is 17.7 Å². The van der Waals surface area contributed by atoms with Gasteiger partial charge in [0.25, 0.3) is 5.91 Å². The molecule has 0 atom stereocenters. The van der Waals surface area contributed by atoms with Crippen molar-refractivity contribution in [3.05, 3.63) is 51.7 Å². The first kappa shape index (κ1) is 20.8. The molecule has 0 aliphatic rings. The Morgan fingerprint density at radius 1 is 1.17 bits per heavy atom. The zero-order valence-electron chi connectivity index (χ0n) is 14.8. The van der Waals surface area contributed by atoms with Crippen LogP contribution in [0.5, 0.6) is 5.75 Å². The fraction of sp³-hybridized carbons (Fsp3) is 0.167. The van der Waals surface area contributed by atoms with Gasteiger partial charge in [-0.2, -0.15) is 11.3 Å². The molecule has 6 nitrogen and oxygen atoms in total. The maximum atomic E-state index is 12.2. The van der Waals surface area contributed by atoms with Crippen molar-refractivity contribution in [3.63, 3.8) is 0 Å². The number of nitrogens with zero attached hydrogens (tertiary/aromatic N) is 1. The van der Waals surface area contributed by atoms with Crippen LogP contribution in [-0.2, 0) is 9.53 Å². The van der Waals surface area contributed by atoms with Crippen LogP contribution in [0.4, 0.5) is 18.9 Å². The number of hydrogen-bond donors (Lipinski definition) is 1. The van der Waals surface area contributed by atoms with Gasteiger partial charge in [-0.1, -0.05) is 0 Å². The Morgan fingerprint density at radius 2 is 1.90 bits per heavy atom. The first-order valence-electron chi connectivity index (χ1n) is 8.04. The molecule has 0 saturated heterocycles. The van der Waals surface area contributed by atoms with Crippen LogP contribution in [0, 0.1) is 6.92 Å². The number of carbonyl (C=O) groups is 2. The second-order valence-electron chi connectivity index (χ2n) is 5.64. The smallest absolute Gasteiger partial charge is 0.451 e. The minimum atomic E-state index is -4.79. The summed E-state index contributed by atoms with van der Waals surface area (Å²) < 4.78 is 45.2. The summed E-state index contributed by atoms with van der Waals surface area (Å²) in [6.07, 6.45) is -4.79. The fourth-order valence-corrected chi connectivity index (χ4v) is 3.90. The predicted octanol–water partition coefficient (Wildman–Crippen LogP) is 4.87. The summed E-state index contributed by atoms with van der Waals surface area (Å²) in [7, 11) is 0. The standard InChI is InChI=1S/C18H13F3N2O4S2/c1-10-15(29-16(22-10)11-6-7-28-9-11)17(25)26-8-14(24)23-12-2-4-13(5-3-12)27-18(19,20)21/h2-7,9H,8H2,1H3,(H,23,24). The van der Waals surface area contributed by atoms with E-state index in [1.165, 1.54) is 34.8 Å². The van der Waals surface area contributed by atoms with Crippen LogP contribution in [0.1, 0.15) is 15.4 Å². The topological polar surface area (TPSA) is 77.5 Å². The van der Waals surface area contributed by atoms with Crippen LogP contribution in [0.3, 0.4) is 0 Å². The van der Waals surface area contributed by atoms with Crippen molar-refractivity contribution in [2.24, 2.45) is 0 Å². The van der Waals surface area contributed by atoms with Gasteiger partial charge in [0.2, 0.25) is 0 Å². The van der Waals surface area contributed by atoms with Gasteiger partial charge in [0.1, 0.15) is 15.6 Å². The molecular formula is C18H13F3N2O4S2. The number of nitrogens with one attached hydrogen (secondary N) is 1. The van der Waals surface area contributed by atoms with Crippen molar-refractivity contribution < 1.29 is 32.2 Å². The summed E-state index contributed by atoms with van der Waals surface area (Å²) >= 11 is 2.68. The minimum absolute atomic E-state index is 0.231. The number of benzene rings is 1. The number of rotatable bonds is 6. The second kappa shape index (κ2) is 8.62. The van der Waals surface area contributed by atoms with E-state index in [9.17, 15) is 22.8 Å². The van der Waals surface area contributed by atoms with E-state index >= 15 is 0 Å². The van der Waals surface area contributed by atoms with Gasteiger partial charge in [-0.25, -0.2) is 9.78 Å². The third-order valence-corrected chi connectivity index (χ3v) is 5.33. The van der Waals surface area contributed by atoms with Crippen LogP contribution in [-0.4, -0.2) is 29.8 Å². The van der Waals surface area contributed by atoms with Crippen molar-refractivity contribution in [2.45, 2.75) is 13.3 Å². The van der Waals surface area contributed by atoms with Gasteiger partial charge in [0.15, 0.2) is 6.61 Å². The Balaban J connectivity index is 1.53. The Kier molecular flexibility index (Phi) is 6.18. The van der Waals surface area contributed by atoms with Crippen LogP contribution in [0.2, 0.25) is 0 Å². The lowest BCUT2D eigenvalue weighted by Gasteiger charge is -2.10. The number of alkyl halides is 3. The molecule has 0 unspecified atom stereocenters. The molecule has 0 radical (unpaired) electrons. The quantitative estimate of drug-likeness (QED) is 0.551. The van der Waals surface area contributed by atoms with Gasteiger partial charge in [-0.15, -0.1) is 24.5 Å². The van der Waals surface area contributed by atoms with E-state index < -0.39 is 30.6 Å². The fourth-order valence-electron chi connectivity index (χ4n) is 2.23. The van der Waals surface area contributed by atoms with Gasteiger partial charge in [-0.3, -0.25) is 4.79 Å². The van der Waals surface area contributed by atoms with Crippen LogP contribution in [0.25, 0.3) is 10.6 Å². The van der Waals surface area contributed by atoms with Gasteiger partial charge < -0.3 is 14.8 Å². The lowest BCUT2D eigenvalue weighted by Crippen LogP contribution is -2.21. The summed E-state index contributed by atoms with van der Waals surface area (Å²) in [6, 6.07) is 6.47. The van der Waals surface area contributed by atoms with Crippen molar-refractivity contribution in [1.29, 1.82) is 0 Å². The Labute approximate surface area is 170 Å². The van der Waals surface area contributed by atoms with E-state index in [2.05, 4.69) is 15.0 Å². The van der Waals surface area contributed by atoms with Crippen LogP contribution < -0.4 is 10.1 Å². The molecule has 29 heavy (non-hydrogen) atoms. The van der Waals surface area contributed by atoms with Crippen molar-refractivity contribution >= 4 is 40.2 Å². The highest BCUT2D eigenvalue weighted by molar-refractivity contribution is 7.17. The molecule has 0 bridgehead atoms. The van der Waals surface area contributed by atoms with Crippen molar-refractivity contribution in [2.75, 3.05) is 11.9 Å². The Morgan fingerprint density at radius 3 is 2.52 bits per heavy atom. The molecule has 11 heteroatoms. The predicted molar refractivity (Wildman–Crippen MR) is 102 cm³/mol. The molecular weight excluding hydrogens is 429 g/mol. The summed E-state index contributed by atoms with van der Waals surface area (Å²) in [6.45, 7) is 1.12. The molecule has 0 spiro atoms. The van der Waals surface area contributed by atoms with Gasteiger partial charge >= 0.3 is 12.3 Å². The maximum absolute atomic E-state index is 12.2. The maximum Gasteiger partial charge on any atom is 0.573 e. The Bertz CT molecular complexity index is 999. The summed E-state index contributed by atoms with van der Waals surface area (Å²) in [5, 5.41) is 6.91. The second-order valence-corrected chi connectivity index (χ2v) is 7.42. The molecule has 1 aromatic carbocycles. The molecule has 152 valence electrons. The number of aromatic nitrogens is 1. The third kappa shape index (κ3) is 5.78. The highest BCUT2D eigenvalue weighted by Crippen LogP contribution is 2.30. The van der Waals surface area contributed by atoms with Crippen LogP contribution in [0.15, 0.2) is 41.1 Å². The van der Waals surface area contributed by atoms with Crippen molar-refractivity contribution in [3.8, 4) is 16.3 Å². The first-order valence-corrected chi connectivity index (χ1v) is 9.80. The highest BCUT2D eigenvalue weighted by Gasteiger charge is 2.31. The minimum Gasteiger partial charge on any atom is -0.451 e. The molecule has 2 aromatic heterocycles. The van der Waals surface area contributed by atoms with E-state index in [1.54, 1.807) is 6.92 Å². The molecule has 1 amide bonds. The van der Waals surface area contributed by atoms with E-state index in [-0.39, 0.29) is 5.69 Å². The number of carbonyl (C=O) groups excluding carboxylic acids is 2. The molecule has 0 aliphatic carbocycles. The average Bonchev–Trinajstić information content (AvgIpc) is 3.30. The summed E-state index contributed by atoms with van der Waals surface area (Å²) in [5.74, 6) is -1.72. The van der Waals surface area contributed by atoms with E-state index in [0.29, 0.717) is 15.6 Å². The Hall–Kier alpha value is -2.92. The SMILES string of the molecule is Cc1nc(-c2ccsc2)sc1C(=O)OCC(=O)Nc1ccc(OC(F)(F)F)cc1. The number of hydrogen-bond acceptors (Lipinski definition) is 7. The average molecular weight is 442 g/mol. The van der Waals surface area contributed by atoms with Gasteiger partial charge in [0.05, 0.1) is 5.69 Å². The normalized spacial score (nSPS) is 11.2. The lowest BCUT2D eigenvalue weighted by molar-refractivity contribution is -0.274. The summed E-state index contributed by atoms with van der Waals surface area (Å²) in [4.78, 5) is 28.8. The third-order valence-electron chi connectivity index (χ3n) is 3.46. The number of anilines is 1. The molecule has 0 fully saturated rings. The highest BCUT2D eigenvalue weighted by atomic mass is 32.1. The number of halogens is 3. The monoisotopic (exact) mass is 442 g/mol. The van der Waals surface area contributed by atoms with Gasteiger partial charge in [0, 0.05) is 16.6 Å². The molecule has 0 saturated carbocycles. The largest absolute Gasteiger partial charge is 0.573 e. The number of esters is 1. The number of ether oxygens (including phenoxy) is 2. The summed E-state index contributed by atoms with van der Waals surface area (Å²) in [5.41, 5.74) is 1.63. The molecule has 2 heterocycles. The zero-order valence-corrected chi connectivity index (χ0v) is 16.4. The number of amides is 1. The van der Waals surface area contributed by atoms with Crippen molar-refractivity contribution in [1.82, 2.24) is 4.98 Å². The zero-order chi connectivity index (χ0) is 21.0. The first-order chi connectivity index (χ1) is 13.7. The number of aryl methyl sites for hydroxylation is 1. The lowest BCUT2D eigenvalue weighted by atomic mass is 10.3. The van der Waals surface area contributed by atoms with E-state index in [4.69, 9.17) is 4.74 Å². The van der Waals surface area contributed by atoms with Gasteiger partial charge in [-0.05, 0) is 42.6 Å². The number of thiophene rings is 1. The van der Waals surface area contributed by atoms with E-state index in [1.807, 2.05) is 16.8 Å². The molecule has 0 aliphatic heterocycles. The van der Waals surface area contributed by atoms with Crippen LogP contribution >= 0.6 is 22.7 Å². The molecule has 3 aromatic rings. The molecule has 3 rings (SSSR count). The number of thiazole rings is 1. The molecule has 1 N–H and O–H groups in total.